The fraction of sp³-hybridized carbons (Fsp3) is 0.0769. The predicted molar refractivity (Wildman–Crippen MR) is 80.7 cm³/mol. The molecule has 0 amide bonds. The zero-order chi connectivity index (χ0) is 13.2. The number of aromatic nitrogens is 2. The zero-order valence-electron chi connectivity index (χ0n) is 9.92. The van der Waals surface area contributed by atoms with E-state index in [0.717, 1.165) is 5.75 Å². The zero-order valence-corrected chi connectivity index (χ0v) is 11.6. The molecule has 0 saturated heterocycles. The Balaban J connectivity index is 1.84. The molecular formula is C13H11N3OS2. The van der Waals surface area contributed by atoms with Gasteiger partial charge in [-0.15, -0.1) is 11.3 Å². The van der Waals surface area contributed by atoms with Gasteiger partial charge in [0.25, 0.3) is 5.56 Å². The highest BCUT2D eigenvalue weighted by atomic mass is 32.2. The molecule has 6 heteroatoms. The highest BCUT2D eigenvalue weighted by molar-refractivity contribution is 7.98. The van der Waals surface area contributed by atoms with E-state index in [1.54, 1.807) is 11.3 Å². The smallest absolute Gasteiger partial charge is 0.253 e. The number of nitrogens with two attached hydrogens (primary N) is 1. The van der Waals surface area contributed by atoms with Gasteiger partial charge in [0.15, 0.2) is 5.16 Å². The van der Waals surface area contributed by atoms with Gasteiger partial charge >= 0.3 is 0 Å². The number of H-pyrrole nitrogens is 1. The second kappa shape index (κ2) is 5.07. The summed E-state index contributed by atoms with van der Waals surface area (Å²) in [6, 6.07) is 9.56. The topological polar surface area (TPSA) is 71.8 Å². The largest absolute Gasteiger partial charge is 0.383 e. The number of fused-ring (bicyclic) bond motifs is 1. The average Bonchev–Trinajstić information content (AvgIpc) is 2.78. The molecule has 0 aliphatic carbocycles. The third-order valence-corrected chi connectivity index (χ3v) is 4.60. The lowest BCUT2D eigenvalue weighted by Gasteiger charge is -2.01. The van der Waals surface area contributed by atoms with Crippen LogP contribution in [0.2, 0.25) is 0 Å². The number of hydrogen-bond acceptors (Lipinski definition) is 5. The maximum absolute atomic E-state index is 11.3. The van der Waals surface area contributed by atoms with Gasteiger partial charge in [-0.3, -0.25) is 4.79 Å². The molecule has 0 radical (unpaired) electrons. The minimum atomic E-state index is -0.217. The van der Waals surface area contributed by atoms with E-state index in [-0.39, 0.29) is 11.4 Å². The van der Waals surface area contributed by atoms with Gasteiger partial charge in [-0.2, -0.15) is 0 Å². The van der Waals surface area contributed by atoms with Gasteiger partial charge in [0.05, 0.1) is 0 Å². The third kappa shape index (κ3) is 2.64. The lowest BCUT2D eigenvalue weighted by Crippen LogP contribution is -2.09. The molecule has 4 nitrogen and oxygen atoms in total. The summed E-state index contributed by atoms with van der Waals surface area (Å²) in [6.07, 6.45) is 0. The number of anilines is 1. The van der Waals surface area contributed by atoms with Gasteiger partial charge in [-0.25, -0.2) is 4.98 Å². The first-order valence-corrected chi connectivity index (χ1v) is 7.53. The molecule has 2 heterocycles. The van der Waals surface area contributed by atoms with E-state index in [2.05, 4.69) is 27.5 Å². The molecule has 1 aromatic carbocycles. The summed E-state index contributed by atoms with van der Waals surface area (Å²) in [7, 11) is 0. The SMILES string of the molecule is Nc1cc(=O)[nH]c(SCc2csc3ccccc23)n1. The number of rotatable bonds is 3. The molecule has 0 spiro atoms. The number of nitrogen functional groups attached to an aromatic ring is 1. The van der Waals surface area contributed by atoms with Crippen LogP contribution in [0.4, 0.5) is 5.82 Å². The minimum absolute atomic E-state index is 0.217. The van der Waals surface area contributed by atoms with Crippen molar-refractivity contribution in [2.24, 2.45) is 0 Å². The molecule has 0 fully saturated rings. The maximum atomic E-state index is 11.3. The van der Waals surface area contributed by atoms with E-state index in [4.69, 9.17) is 5.73 Å². The van der Waals surface area contributed by atoms with Crippen molar-refractivity contribution in [1.29, 1.82) is 0 Å². The van der Waals surface area contributed by atoms with Crippen LogP contribution in [-0.2, 0) is 5.75 Å². The van der Waals surface area contributed by atoms with Crippen molar-refractivity contribution in [1.82, 2.24) is 9.97 Å². The van der Waals surface area contributed by atoms with E-state index in [1.807, 2.05) is 12.1 Å². The number of hydrogen-bond donors (Lipinski definition) is 2. The molecule has 0 saturated carbocycles. The van der Waals surface area contributed by atoms with Gasteiger partial charge < -0.3 is 10.7 Å². The molecular weight excluding hydrogens is 278 g/mol. The normalized spacial score (nSPS) is 10.9. The van der Waals surface area contributed by atoms with Crippen LogP contribution in [0.15, 0.2) is 45.7 Å². The molecule has 3 N–H and O–H groups in total. The lowest BCUT2D eigenvalue weighted by atomic mass is 10.2. The molecule has 0 aliphatic heterocycles. The summed E-state index contributed by atoms with van der Waals surface area (Å²) in [6.45, 7) is 0. The summed E-state index contributed by atoms with van der Waals surface area (Å²) in [5.41, 5.74) is 6.59. The number of nitrogens with zero attached hydrogens (tertiary/aromatic N) is 1. The fourth-order valence-corrected chi connectivity index (χ4v) is 3.75. The molecule has 3 rings (SSSR count). The lowest BCUT2D eigenvalue weighted by molar-refractivity contribution is 0.945. The Morgan fingerprint density at radius 3 is 3.05 bits per heavy atom. The standard InChI is InChI=1S/C13H11N3OS2/c14-11-5-12(17)16-13(15-11)19-7-8-6-18-10-4-2-1-3-9(8)10/h1-6H,7H2,(H3,14,15,16,17). The first-order valence-electron chi connectivity index (χ1n) is 5.67. The number of thiophene rings is 1. The van der Waals surface area contributed by atoms with Gasteiger partial charge in [0, 0.05) is 16.5 Å². The Morgan fingerprint density at radius 2 is 2.21 bits per heavy atom. The van der Waals surface area contributed by atoms with Crippen LogP contribution in [0, 0.1) is 0 Å². The van der Waals surface area contributed by atoms with E-state index in [1.165, 1.54) is 33.5 Å². The van der Waals surface area contributed by atoms with Gasteiger partial charge in [0.1, 0.15) is 5.82 Å². The number of aromatic amines is 1. The fourth-order valence-electron chi connectivity index (χ4n) is 1.81. The summed E-state index contributed by atoms with van der Waals surface area (Å²) >= 11 is 3.21. The first kappa shape index (κ1) is 12.3. The maximum Gasteiger partial charge on any atom is 0.253 e. The summed E-state index contributed by atoms with van der Waals surface area (Å²) < 4.78 is 1.27. The third-order valence-electron chi connectivity index (χ3n) is 2.67. The second-order valence-electron chi connectivity index (χ2n) is 4.02. The summed E-state index contributed by atoms with van der Waals surface area (Å²) in [4.78, 5) is 18.1. The van der Waals surface area contributed by atoms with Crippen LogP contribution < -0.4 is 11.3 Å². The van der Waals surface area contributed by atoms with Crippen LogP contribution in [0.25, 0.3) is 10.1 Å². The monoisotopic (exact) mass is 289 g/mol. The van der Waals surface area contributed by atoms with Crippen LogP contribution in [0.5, 0.6) is 0 Å². The Labute approximate surface area is 117 Å². The van der Waals surface area contributed by atoms with Crippen molar-refractivity contribution in [2.75, 3.05) is 5.73 Å². The Kier molecular flexibility index (Phi) is 3.27. The summed E-state index contributed by atoms with van der Waals surface area (Å²) in [5.74, 6) is 1.01. The Hall–Kier alpha value is -1.79. The van der Waals surface area contributed by atoms with E-state index >= 15 is 0 Å². The van der Waals surface area contributed by atoms with Crippen LogP contribution in [0.3, 0.4) is 0 Å². The van der Waals surface area contributed by atoms with Crippen molar-refractivity contribution >= 4 is 39.0 Å². The van der Waals surface area contributed by atoms with Crippen LogP contribution in [-0.4, -0.2) is 9.97 Å². The van der Waals surface area contributed by atoms with Gasteiger partial charge in [-0.1, -0.05) is 30.0 Å². The number of thioether (sulfide) groups is 1. The van der Waals surface area contributed by atoms with E-state index in [0.29, 0.717) is 5.16 Å². The molecule has 0 aliphatic rings. The highest BCUT2D eigenvalue weighted by Gasteiger charge is 2.05. The van der Waals surface area contributed by atoms with Gasteiger partial charge in [0.2, 0.25) is 0 Å². The molecule has 96 valence electrons. The second-order valence-corrected chi connectivity index (χ2v) is 5.90. The Bertz CT molecular complexity index is 779. The van der Waals surface area contributed by atoms with Crippen LogP contribution in [0.1, 0.15) is 5.56 Å². The average molecular weight is 289 g/mol. The van der Waals surface area contributed by atoms with Crippen molar-refractivity contribution < 1.29 is 0 Å². The highest BCUT2D eigenvalue weighted by Crippen LogP contribution is 2.30. The molecule has 3 aromatic rings. The quantitative estimate of drug-likeness (QED) is 0.574. The predicted octanol–water partition coefficient (Wildman–Crippen LogP) is 2.86. The van der Waals surface area contributed by atoms with Crippen molar-refractivity contribution in [3.8, 4) is 0 Å². The van der Waals surface area contributed by atoms with Crippen molar-refractivity contribution in [3.63, 3.8) is 0 Å². The number of nitrogens with one attached hydrogen (secondary N) is 1. The Morgan fingerprint density at radius 1 is 1.37 bits per heavy atom. The first-order chi connectivity index (χ1) is 9.22. The molecule has 0 bridgehead atoms. The van der Waals surface area contributed by atoms with Crippen LogP contribution >= 0.6 is 23.1 Å². The summed E-state index contributed by atoms with van der Waals surface area (Å²) in [5, 5.41) is 3.95. The molecule has 19 heavy (non-hydrogen) atoms. The minimum Gasteiger partial charge on any atom is -0.383 e. The molecule has 0 atom stereocenters. The van der Waals surface area contributed by atoms with Gasteiger partial charge in [-0.05, 0) is 22.4 Å². The molecule has 2 aromatic heterocycles. The molecule has 0 unspecified atom stereocenters. The van der Waals surface area contributed by atoms with E-state index < -0.39 is 0 Å². The van der Waals surface area contributed by atoms with Crippen molar-refractivity contribution in [2.45, 2.75) is 10.9 Å². The van der Waals surface area contributed by atoms with E-state index in [9.17, 15) is 4.79 Å². The van der Waals surface area contributed by atoms with Crippen molar-refractivity contribution in [3.05, 3.63) is 51.6 Å². The number of benzene rings is 1.